The molecule has 96 valence electrons. The van der Waals surface area contributed by atoms with Gasteiger partial charge in [-0.1, -0.05) is 0 Å². The van der Waals surface area contributed by atoms with E-state index in [0.717, 1.165) is 27.7 Å². The zero-order valence-electron chi connectivity index (χ0n) is 10.7. The predicted octanol–water partition coefficient (Wildman–Crippen LogP) is -5.74. The van der Waals surface area contributed by atoms with Gasteiger partial charge in [-0.25, -0.2) is 0 Å². The van der Waals surface area contributed by atoms with Crippen molar-refractivity contribution in [2.75, 3.05) is 0 Å². The summed E-state index contributed by atoms with van der Waals surface area (Å²) in [6, 6.07) is 0. The van der Waals surface area contributed by atoms with Gasteiger partial charge in [-0.2, -0.15) is 0 Å². The average Bonchev–Trinajstić information content (AvgIpc) is 1.76. The number of aliphatic carboxylic acids is 4. The van der Waals surface area contributed by atoms with Gasteiger partial charge in [0.25, 0.3) is 0 Å². The van der Waals surface area contributed by atoms with E-state index in [2.05, 4.69) is 0 Å². The molecule has 0 saturated heterocycles. The molecule has 0 aromatic heterocycles. The van der Waals surface area contributed by atoms with Gasteiger partial charge in [0, 0.05) is 23.9 Å². The smallest absolute Gasteiger partial charge is 0.550 e. The van der Waals surface area contributed by atoms with E-state index in [4.69, 9.17) is 39.6 Å². The van der Waals surface area contributed by atoms with E-state index in [-0.39, 0.29) is 91.0 Å². The summed E-state index contributed by atoms with van der Waals surface area (Å²) in [4.78, 5) is 35.6. The Kier molecular flexibility index (Phi) is 62.0. The first-order chi connectivity index (χ1) is 6.93. The summed E-state index contributed by atoms with van der Waals surface area (Å²) in [5.41, 5.74) is 0. The Bertz CT molecular complexity index is 165. The molecule has 0 aromatic rings. The summed E-state index contributed by atoms with van der Waals surface area (Å²) in [6.45, 7) is 3.89. The number of hydrogen-bond acceptors (Lipinski definition) is 8. The van der Waals surface area contributed by atoms with Crippen LogP contribution in [0.15, 0.2) is 0 Å². The Morgan fingerprint density at radius 2 is 0.500 bits per heavy atom. The number of carboxylic acid groups (broad SMARTS) is 4. The molecule has 0 bridgehead atoms. The molecular weight excluding hydrogens is 399 g/mol. The van der Waals surface area contributed by atoms with Crippen molar-refractivity contribution in [1.29, 1.82) is 0 Å². The van der Waals surface area contributed by atoms with Crippen LogP contribution < -0.4 is 20.4 Å². The molecule has 18 heavy (non-hydrogen) atoms. The van der Waals surface area contributed by atoms with E-state index in [0.29, 0.717) is 0 Å². The molecule has 0 saturated carbocycles. The maximum Gasteiger partial charge on any atom is 2.00 e. The quantitative estimate of drug-likeness (QED) is 0.356. The van der Waals surface area contributed by atoms with E-state index >= 15 is 0 Å². The van der Waals surface area contributed by atoms with Crippen molar-refractivity contribution in [3.05, 3.63) is 0 Å². The fourth-order valence-electron chi connectivity index (χ4n) is 0. The first-order valence-electron chi connectivity index (χ1n) is 3.63. The molecular formula is C8H12O8Sr2. The molecule has 0 rings (SSSR count). The SMILES string of the molecule is CC(=O)[O-].CC(=O)[O-].CC(=O)[O-].CC(=O)[O-].[Sr+2].[Sr+2]. The van der Waals surface area contributed by atoms with Crippen molar-refractivity contribution < 1.29 is 39.6 Å². The van der Waals surface area contributed by atoms with Crippen LogP contribution in [-0.4, -0.2) is 115 Å². The topological polar surface area (TPSA) is 161 Å². The molecule has 0 radical (unpaired) electrons. The van der Waals surface area contributed by atoms with E-state index in [1.54, 1.807) is 0 Å². The largest absolute Gasteiger partial charge is 2.00 e. The minimum atomic E-state index is -1.08. The normalized spacial score (nSPS) is 5.56. The molecule has 0 atom stereocenters. The molecule has 0 aromatic carbocycles. The third-order valence-corrected chi connectivity index (χ3v) is 0. The predicted molar refractivity (Wildman–Crippen MR) is 54.2 cm³/mol. The van der Waals surface area contributed by atoms with Gasteiger partial charge in [-0.05, 0) is 27.7 Å². The van der Waals surface area contributed by atoms with Crippen LogP contribution in [0.5, 0.6) is 0 Å². The average molecular weight is 411 g/mol. The van der Waals surface area contributed by atoms with Crippen molar-refractivity contribution >= 4 is 115 Å². The van der Waals surface area contributed by atoms with Crippen LogP contribution in [-0.2, 0) is 19.2 Å². The van der Waals surface area contributed by atoms with Crippen molar-refractivity contribution in [1.82, 2.24) is 0 Å². The monoisotopic (exact) mass is 412 g/mol. The van der Waals surface area contributed by atoms with Crippen molar-refractivity contribution in [2.45, 2.75) is 27.7 Å². The van der Waals surface area contributed by atoms with Gasteiger partial charge in [0.15, 0.2) is 0 Å². The van der Waals surface area contributed by atoms with Gasteiger partial charge in [0.1, 0.15) is 0 Å². The van der Waals surface area contributed by atoms with E-state index in [1.165, 1.54) is 0 Å². The Labute approximate surface area is 179 Å². The molecule has 8 nitrogen and oxygen atoms in total. The standard InChI is InChI=1S/4C2H4O2.2Sr/c4*1-2(3)4;;/h4*1H3,(H,3,4);;/q;;;;2*+2/p-4. The van der Waals surface area contributed by atoms with Gasteiger partial charge in [0.05, 0.1) is 0 Å². The van der Waals surface area contributed by atoms with E-state index < -0.39 is 23.9 Å². The second-order valence-electron chi connectivity index (χ2n) is 1.97. The molecule has 0 spiro atoms. The van der Waals surface area contributed by atoms with Gasteiger partial charge >= 0.3 is 91.0 Å². The molecule has 0 aliphatic carbocycles. The number of carbonyl (C=O) groups is 4. The molecule has 0 unspecified atom stereocenters. The molecule has 0 aliphatic rings. The third-order valence-electron chi connectivity index (χ3n) is 0. The number of hydrogen-bond donors (Lipinski definition) is 0. The summed E-state index contributed by atoms with van der Waals surface area (Å²) < 4.78 is 0. The molecule has 0 fully saturated rings. The van der Waals surface area contributed by atoms with Crippen LogP contribution in [0.4, 0.5) is 0 Å². The number of rotatable bonds is 0. The zero-order valence-corrected chi connectivity index (χ0v) is 17.6. The zero-order chi connectivity index (χ0) is 14.3. The first kappa shape index (κ1) is 36.4. The Hall–Kier alpha value is 0.841. The summed E-state index contributed by atoms with van der Waals surface area (Å²) in [6.07, 6.45) is 0. The Morgan fingerprint density at radius 1 is 0.500 bits per heavy atom. The second-order valence-corrected chi connectivity index (χ2v) is 1.97. The minimum absolute atomic E-state index is 0. The summed E-state index contributed by atoms with van der Waals surface area (Å²) in [5.74, 6) is -4.33. The van der Waals surface area contributed by atoms with Gasteiger partial charge in [-0.3, -0.25) is 0 Å². The molecule has 0 aliphatic heterocycles. The fourth-order valence-corrected chi connectivity index (χ4v) is 0. The van der Waals surface area contributed by atoms with Gasteiger partial charge in [0.2, 0.25) is 0 Å². The third kappa shape index (κ3) is 5970. The number of carbonyl (C=O) groups excluding carboxylic acids is 4. The van der Waals surface area contributed by atoms with Crippen LogP contribution in [0.3, 0.4) is 0 Å². The molecule has 0 amide bonds. The maximum atomic E-state index is 8.89. The van der Waals surface area contributed by atoms with E-state index in [1.807, 2.05) is 0 Å². The van der Waals surface area contributed by atoms with Crippen LogP contribution in [0, 0.1) is 0 Å². The maximum absolute atomic E-state index is 8.89. The van der Waals surface area contributed by atoms with Gasteiger partial charge < -0.3 is 39.6 Å². The van der Waals surface area contributed by atoms with Crippen LogP contribution >= 0.6 is 0 Å². The first-order valence-corrected chi connectivity index (χ1v) is 3.63. The van der Waals surface area contributed by atoms with E-state index in [9.17, 15) is 0 Å². The minimum Gasteiger partial charge on any atom is -0.550 e. The summed E-state index contributed by atoms with van der Waals surface area (Å²) in [5, 5.41) is 35.6. The van der Waals surface area contributed by atoms with Crippen LogP contribution in [0.1, 0.15) is 27.7 Å². The van der Waals surface area contributed by atoms with Crippen LogP contribution in [0.2, 0.25) is 0 Å². The fraction of sp³-hybridized carbons (Fsp3) is 0.500. The molecule has 10 heteroatoms. The Morgan fingerprint density at radius 3 is 0.500 bits per heavy atom. The molecule has 0 heterocycles. The van der Waals surface area contributed by atoms with Crippen LogP contribution in [0.25, 0.3) is 0 Å². The Balaban J connectivity index is -0.0000000257. The summed E-state index contributed by atoms with van der Waals surface area (Å²) in [7, 11) is 0. The number of carboxylic acids is 4. The van der Waals surface area contributed by atoms with Crippen molar-refractivity contribution in [2.24, 2.45) is 0 Å². The van der Waals surface area contributed by atoms with Crippen molar-refractivity contribution in [3.8, 4) is 0 Å². The summed E-state index contributed by atoms with van der Waals surface area (Å²) >= 11 is 0. The van der Waals surface area contributed by atoms with Gasteiger partial charge in [-0.15, -0.1) is 0 Å². The molecule has 0 N–H and O–H groups in total. The second kappa shape index (κ2) is 30.7. The van der Waals surface area contributed by atoms with Crippen molar-refractivity contribution in [3.63, 3.8) is 0 Å².